The molecular weight excluding hydrogens is 210 g/mol. The first-order valence-electron chi connectivity index (χ1n) is 6.79. The molecule has 0 aromatic carbocycles. The van der Waals surface area contributed by atoms with Gasteiger partial charge in [0.15, 0.2) is 0 Å². The van der Waals surface area contributed by atoms with E-state index in [0.717, 1.165) is 5.92 Å². The number of hydrogen-bond acceptors (Lipinski definition) is 2. The van der Waals surface area contributed by atoms with E-state index in [0.29, 0.717) is 0 Å². The molecule has 1 fully saturated rings. The molecular formula is C14H25N3. The molecule has 1 N–H and O–H groups in total. The van der Waals surface area contributed by atoms with Crippen molar-refractivity contribution in [3.8, 4) is 0 Å². The summed E-state index contributed by atoms with van der Waals surface area (Å²) in [4.78, 5) is 8.06. The molecule has 0 amide bonds. The molecule has 0 aliphatic carbocycles. The first kappa shape index (κ1) is 12.5. The highest BCUT2D eigenvalue weighted by Gasteiger charge is 2.19. The average Bonchev–Trinajstić information content (AvgIpc) is 2.83. The monoisotopic (exact) mass is 235 g/mol. The Bertz CT molecular complexity index is 297. The summed E-state index contributed by atoms with van der Waals surface area (Å²) in [7, 11) is 4.32. The Morgan fingerprint density at radius 2 is 2.12 bits per heavy atom. The fourth-order valence-electron chi connectivity index (χ4n) is 2.68. The lowest BCUT2D eigenvalue weighted by Crippen LogP contribution is -2.34. The Hall–Kier alpha value is -0.960. The molecule has 0 atom stereocenters. The SMILES string of the molecule is CN(C)CCCC1CCN(c2ccc[nH]2)CC1. The maximum atomic E-state index is 3.30. The van der Waals surface area contributed by atoms with Gasteiger partial charge in [-0.3, -0.25) is 0 Å². The predicted octanol–water partition coefficient (Wildman–Crippen LogP) is 2.57. The summed E-state index contributed by atoms with van der Waals surface area (Å²) >= 11 is 0. The van der Waals surface area contributed by atoms with Crippen molar-refractivity contribution >= 4 is 5.82 Å². The van der Waals surface area contributed by atoms with Gasteiger partial charge in [-0.2, -0.15) is 0 Å². The van der Waals surface area contributed by atoms with Crippen LogP contribution in [-0.2, 0) is 0 Å². The van der Waals surface area contributed by atoms with Crippen LogP contribution in [0.1, 0.15) is 25.7 Å². The van der Waals surface area contributed by atoms with Gasteiger partial charge in [0, 0.05) is 19.3 Å². The molecule has 0 unspecified atom stereocenters. The molecule has 0 spiro atoms. The summed E-state index contributed by atoms with van der Waals surface area (Å²) in [6.45, 7) is 3.66. The van der Waals surface area contributed by atoms with Crippen molar-refractivity contribution in [2.45, 2.75) is 25.7 Å². The number of rotatable bonds is 5. The van der Waals surface area contributed by atoms with Crippen LogP contribution in [0.15, 0.2) is 18.3 Å². The van der Waals surface area contributed by atoms with E-state index in [1.807, 2.05) is 6.20 Å². The maximum Gasteiger partial charge on any atom is 0.105 e. The Morgan fingerprint density at radius 3 is 2.71 bits per heavy atom. The van der Waals surface area contributed by atoms with Gasteiger partial charge in [-0.25, -0.2) is 0 Å². The largest absolute Gasteiger partial charge is 0.358 e. The normalized spacial score (nSPS) is 17.9. The van der Waals surface area contributed by atoms with Gasteiger partial charge < -0.3 is 14.8 Å². The summed E-state index contributed by atoms with van der Waals surface area (Å²) in [5, 5.41) is 0. The zero-order valence-corrected chi connectivity index (χ0v) is 11.2. The summed E-state index contributed by atoms with van der Waals surface area (Å²) in [6, 6.07) is 4.25. The van der Waals surface area contributed by atoms with Gasteiger partial charge in [0.05, 0.1) is 0 Å². The van der Waals surface area contributed by atoms with E-state index in [9.17, 15) is 0 Å². The number of H-pyrrole nitrogens is 1. The Balaban J connectivity index is 1.68. The van der Waals surface area contributed by atoms with E-state index < -0.39 is 0 Å². The van der Waals surface area contributed by atoms with Gasteiger partial charge in [-0.1, -0.05) is 0 Å². The van der Waals surface area contributed by atoms with Crippen molar-refractivity contribution in [2.24, 2.45) is 5.92 Å². The van der Waals surface area contributed by atoms with Crippen molar-refractivity contribution in [2.75, 3.05) is 38.6 Å². The van der Waals surface area contributed by atoms with Crippen LogP contribution in [-0.4, -0.2) is 43.6 Å². The number of aromatic nitrogens is 1. The molecule has 1 aliphatic heterocycles. The topological polar surface area (TPSA) is 22.3 Å². The molecule has 2 heterocycles. The van der Waals surface area contributed by atoms with Crippen LogP contribution in [0.2, 0.25) is 0 Å². The van der Waals surface area contributed by atoms with Crippen LogP contribution < -0.4 is 4.90 Å². The van der Waals surface area contributed by atoms with E-state index in [1.54, 1.807) is 0 Å². The third kappa shape index (κ3) is 3.77. The zero-order valence-electron chi connectivity index (χ0n) is 11.2. The van der Waals surface area contributed by atoms with Crippen LogP contribution in [0, 0.1) is 5.92 Å². The van der Waals surface area contributed by atoms with Crippen LogP contribution in [0.3, 0.4) is 0 Å². The fraction of sp³-hybridized carbons (Fsp3) is 0.714. The molecule has 0 bridgehead atoms. The molecule has 1 saturated heterocycles. The molecule has 3 nitrogen and oxygen atoms in total. The van der Waals surface area contributed by atoms with E-state index in [1.165, 1.54) is 51.1 Å². The van der Waals surface area contributed by atoms with Crippen LogP contribution >= 0.6 is 0 Å². The molecule has 0 radical (unpaired) electrons. The quantitative estimate of drug-likeness (QED) is 0.847. The Kier molecular flexibility index (Phi) is 4.49. The van der Waals surface area contributed by atoms with Gasteiger partial charge in [0.1, 0.15) is 5.82 Å². The van der Waals surface area contributed by atoms with Gasteiger partial charge in [0.25, 0.3) is 0 Å². The second kappa shape index (κ2) is 6.10. The summed E-state index contributed by atoms with van der Waals surface area (Å²) in [5.74, 6) is 2.23. The van der Waals surface area contributed by atoms with E-state index >= 15 is 0 Å². The number of hydrogen-bond donors (Lipinski definition) is 1. The van der Waals surface area contributed by atoms with Crippen molar-refractivity contribution in [3.63, 3.8) is 0 Å². The Labute approximate surface area is 105 Å². The van der Waals surface area contributed by atoms with Crippen LogP contribution in [0.5, 0.6) is 0 Å². The summed E-state index contributed by atoms with van der Waals surface area (Å²) < 4.78 is 0. The fourth-order valence-corrected chi connectivity index (χ4v) is 2.68. The lowest BCUT2D eigenvalue weighted by Gasteiger charge is -2.32. The molecule has 1 aromatic heterocycles. The minimum atomic E-state index is 0.946. The highest BCUT2D eigenvalue weighted by atomic mass is 15.2. The van der Waals surface area contributed by atoms with Crippen molar-refractivity contribution < 1.29 is 0 Å². The first-order chi connectivity index (χ1) is 8.25. The van der Waals surface area contributed by atoms with E-state index in [2.05, 4.69) is 41.0 Å². The molecule has 96 valence electrons. The van der Waals surface area contributed by atoms with Gasteiger partial charge in [-0.15, -0.1) is 0 Å². The van der Waals surface area contributed by atoms with Crippen LogP contribution in [0.4, 0.5) is 5.82 Å². The molecule has 1 aliphatic rings. The minimum absolute atomic E-state index is 0.946. The van der Waals surface area contributed by atoms with E-state index in [-0.39, 0.29) is 0 Å². The third-order valence-electron chi connectivity index (χ3n) is 3.75. The maximum absolute atomic E-state index is 3.30. The molecule has 2 rings (SSSR count). The van der Waals surface area contributed by atoms with Gasteiger partial charge >= 0.3 is 0 Å². The van der Waals surface area contributed by atoms with Crippen molar-refractivity contribution in [1.29, 1.82) is 0 Å². The lowest BCUT2D eigenvalue weighted by atomic mass is 9.92. The van der Waals surface area contributed by atoms with Crippen LogP contribution in [0.25, 0.3) is 0 Å². The van der Waals surface area contributed by atoms with Crippen molar-refractivity contribution in [1.82, 2.24) is 9.88 Å². The lowest BCUT2D eigenvalue weighted by molar-refractivity contribution is 0.331. The van der Waals surface area contributed by atoms with Gasteiger partial charge in [-0.05, 0) is 64.4 Å². The summed E-state index contributed by atoms with van der Waals surface area (Å²) in [5.41, 5.74) is 0. The first-order valence-corrected chi connectivity index (χ1v) is 6.79. The molecule has 0 saturated carbocycles. The highest BCUT2D eigenvalue weighted by Crippen LogP contribution is 2.24. The third-order valence-corrected chi connectivity index (χ3v) is 3.75. The van der Waals surface area contributed by atoms with E-state index in [4.69, 9.17) is 0 Å². The predicted molar refractivity (Wildman–Crippen MR) is 73.5 cm³/mol. The minimum Gasteiger partial charge on any atom is -0.358 e. The molecule has 3 heteroatoms. The molecule has 17 heavy (non-hydrogen) atoms. The number of anilines is 1. The molecule has 1 aromatic rings. The number of nitrogens with zero attached hydrogens (tertiary/aromatic N) is 2. The standard InChI is InChI=1S/C14H25N3/c1-16(2)10-4-5-13-7-11-17(12-8-13)14-6-3-9-15-14/h3,6,9,13,15H,4-5,7-8,10-12H2,1-2H3. The Morgan fingerprint density at radius 1 is 1.35 bits per heavy atom. The number of aromatic amines is 1. The van der Waals surface area contributed by atoms with Gasteiger partial charge in [0.2, 0.25) is 0 Å². The average molecular weight is 235 g/mol. The second-order valence-corrected chi connectivity index (χ2v) is 5.43. The van der Waals surface area contributed by atoms with Crippen molar-refractivity contribution in [3.05, 3.63) is 18.3 Å². The number of nitrogens with one attached hydrogen (secondary N) is 1. The smallest absolute Gasteiger partial charge is 0.105 e. The summed E-state index contributed by atoms with van der Waals surface area (Å²) in [6.07, 6.45) is 7.47. The second-order valence-electron chi connectivity index (χ2n) is 5.43. The number of piperidine rings is 1. The zero-order chi connectivity index (χ0) is 12.1. The highest BCUT2D eigenvalue weighted by molar-refractivity contribution is 5.38.